The molecule has 6 heteroatoms. The van der Waals surface area contributed by atoms with E-state index in [0.29, 0.717) is 32.1 Å². The first-order valence-electron chi connectivity index (χ1n) is 7.05. The molecule has 0 bridgehead atoms. The number of likely N-dealkylation sites (tertiary alicyclic amines) is 1. The van der Waals surface area contributed by atoms with Gasteiger partial charge in [-0.1, -0.05) is 6.42 Å². The van der Waals surface area contributed by atoms with Crippen molar-refractivity contribution in [1.29, 1.82) is 0 Å². The van der Waals surface area contributed by atoms with Crippen LogP contribution in [0.5, 0.6) is 0 Å². The molecule has 18 heavy (non-hydrogen) atoms. The van der Waals surface area contributed by atoms with Gasteiger partial charge in [-0.2, -0.15) is 0 Å². The number of hydrogen-bond acceptors (Lipinski definition) is 4. The zero-order valence-corrected chi connectivity index (χ0v) is 11.9. The highest BCUT2D eigenvalue weighted by atomic mass is 32.2. The Balaban J connectivity index is 1.87. The van der Waals surface area contributed by atoms with E-state index in [2.05, 4.69) is 4.90 Å². The molecule has 2 heterocycles. The molecular formula is C12H25N3O2S. The predicted molar refractivity (Wildman–Crippen MR) is 72.9 cm³/mol. The molecule has 0 aromatic heterocycles. The average molecular weight is 275 g/mol. The van der Waals surface area contributed by atoms with Crippen molar-refractivity contribution in [2.45, 2.75) is 38.1 Å². The molecule has 2 saturated heterocycles. The van der Waals surface area contributed by atoms with Gasteiger partial charge in [0, 0.05) is 19.1 Å². The molecular weight excluding hydrogens is 250 g/mol. The third kappa shape index (κ3) is 3.44. The normalized spacial score (nSPS) is 27.7. The maximum absolute atomic E-state index is 12.1. The number of rotatable bonds is 5. The van der Waals surface area contributed by atoms with Gasteiger partial charge in [-0.25, -0.2) is 12.7 Å². The minimum absolute atomic E-state index is 0.205. The molecule has 0 saturated carbocycles. The Labute approximate surface area is 110 Å². The molecule has 2 fully saturated rings. The van der Waals surface area contributed by atoms with E-state index in [1.54, 1.807) is 4.31 Å². The fourth-order valence-electron chi connectivity index (χ4n) is 2.94. The molecule has 0 amide bonds. The number of piperidine rings is 1. The topological polar surface area (TPSA) is 66.6 Å². The molecule has 1 unspecified atom stereocenters. The fourth-order valence-corrected chi connectivity index (χ4v) is 4.51. The minimum atomic E-state index is -3.07. The van der Waals surface area contributed by atoms with Gasteiger partial charge in [0.15, 0.2) is 0 Å². The number of hydrogen-bond donors (Lipinski definition) is 1. The molecule has 2 rings (SSSR count). The van der Waals surface area contributed by atoms with Crippen LogP contribution in [-0.2, 0) is 10.0 Å². The van der Waals surface area contributed by atoms with Crippen LogP contribution < -0.4 is 5.73 Å². The standard InChI is InChI=1S/C12H25N3O2S/c13-6-4-10-18(16,17)15-9-5-12(11-15)14-7-2-1-3-8-14/h12H,1-11,13H2. The second kappa shape index (κ2) is 6.32. The van der Waals surface area contributed by atoms with Gasteiger partial charge in [0.05, 0.1) is 5.75 Å². The van der Waals surface area contributed by atoms with Crippen molar-refractivity contribution in [3.63, 3.8) is 0 Å². The Morgan fingerprint density at radius 1 is 1.11 bits per heavy atom. The summed E-state index contributed by atoms with van der Waals surface area (Å²) < 4.78 is 25.8. The van der Waals surface area contributed by atoms with Crippen molar-refractivity contribution in [3.8, 4) is 0 Å². The largest absolute Gasteiger partial charge is 0.330 e. The van der Waals surface area contributed by atoms with Gasteiger partial charge >= 0.3 is 0 Å². The van der Waals surface area contributed by atoms with Crippen molar-refractivity contribution in [1.82, 2.24) is 9.21 Å². The molecule has 2 N–H and O–H groups in total. The van der Waals surface area contributed by atoms with Gasteiger partial charge in [-0.05, 0) is 45.3 Å². The molecule has 0 spiro atoms. The van der Waals surface area contributed by atoms with E-state index in [-0.39, 0.29) is 5.75 Å². The van der Waals surface area contributed by atoms with E-state index in [1.165, 1.54) is 19.3 Å². The van der Waals surface area contributed by atoms with Gasteiger partial charge in [0.1, 0.15) is 0 Å². The van der Waals surface area contributed by atoms with Crippen LogP contribution in [-0.4, -0.2) is 62.1 Å². The van der Waals surface area contributed by atoms with Gasteiger partial charge in [0.2, 0.25) is 10.0 Å². The van der Waals surface area contributed by atoms with E-state index < -0.39 is 10.0 Å². The lowest BCUT2D eigenvalue weighted by molar-refractivity contribution is 0.169. The third-order valence-corrected chi connectivity index (χ3v) is 5.96. The monoisotopic (exact) mass is 275 g/mol. The van der Waals surface area contributed by atoms with Crippen LogP contribution in [0.15, 0.2) is 0 Å². The quantitative estimate of drug-likeness (QED) is 0.780. The van der Waals surface area contributed by atoms with Crippen LogP contribution in [0.25, 0.3) is 0 Å². The van der Waals surface area contributed by atoms with Gasteiger partial charge < -0.3 is 5.73 Å². The first kappa shape index (κ1) is 14.2. The molecule has 2 aliphatic rings. The second-order valence-corrected chi connectivity index (χ2v) is 7.44. The average Bonchev–Trinajstić information content (AvgIpc) is 2.88. The summed E-state index contributed by atoms with van der Waals surface area (Å²) in [7, 11) is -3.07. The molecule has 0 aliphatic carbocycles. The third-order valence-electron chi connectivity index (χ3n) is 4.03. The highest BCUT2D eigenvalue weighted by molar-refractivity contribution is 7.89. The summed E-state index contributed by atoms with van der Waals surface area (Å²) in [5, 5.41) is 0. The van der Waals surface area contributed by atoms with Crippen molar-refractivity contribution in [3.05, 3.63) is 0 Å². The highest BCUT2D eigenvalue weighted by Gasteiger charge is 2.34. The summed E-state index contributed by atoms with van der Waals surface area (Å²) in [6.45, 7) is 4.10. The molecule has 0 aromatic carbocycles. The van der Waals surface area contributed by atoms with Crippen LogP contribution in [0.4, 0.5) is 0 Å². The molecule has 106 valence electrons. The number of nitrogens with zero attached hydrogens (tertiary/aromatic N) is 2. The van der Waals surface area contributed by atoms with Gasteiger partial charge in [-0.3, -0.25) is 4.90 Å². The zero-order chi connectivity index (χ0) is 13.0. The molecule has 5 nitrogen and oxygen atoms in total. The van der Waals surface area contributed by atoms with Crippen molar-refractivity contribution >= 4 is 10.0 Å². The van der Waals surface area contributed by atoms with E-state index >= 15 is 0 Å². The van der Waals surface area contributed by atoms with Crippen molar-refractivity contribution < 1.29 is 8.42 Å². The van der Waals surface area contributed by atoms with Crippen LogP contribution in [0.3, 0.4) is 0 Å². The summed E-state index contributed by atoms with van der Waals surface area (Å²) in [5.41, 5.74) is 5.39. The van der Waals surface area contributed by atoms with Crippen LogP contribution >= 0.6 is 0 Å². The van der Waals surface area contributed by atoms with Crippen molar-refractivity contribution in [2.75, 3.05) is 38.5 Å². The lowest BCUT2D eigenvalue weighted by Gasteiger charge is -2.32. The summed E-state index contributed by atoms with van der Waals surface area (Å²) in [6, 6.07) is 0.443. The number of sulfonamides is 1. The SMILES string of the molecule is NCCCS(=O)(=O)N1CCC(N2CCCCC2)C1. The van der Waals surface area contributed by atoms with E-state index in [4.69, 9.17) is 5.73 Å². The van der Waals surface area contributed by atoms with Gasteiger partial charge in [-0.15, -0.1) is 0 Å². The Morgan fingerprint density at radius 3 is 2.50 bits per heavy atom. The molecule has 0 aromatic rings. The zero-order valence-electron chi connectivity index (χ0n) is 11.1. The second-order valence-electron chi connectivity index (χ2n) is 5.36. The smallest absolute Gasteiger partial charge is 0.214 e. The van der Waals surface area contributed by atoms with Crippen LogP contribution in [0, 0.1) is 0 Å². The highest BCUT2D eigenvalue weighted by Crippen LogP contribution is 2.22. The van der Waals surface area contributed by atoms with Crippen molar-refractivity contribution in [2.24, 2.45) is 5.73 Å². The van der Waals surface area contributed by atoms with Gasteiger partial charge in [0.25, 0.3) is 0 Å². The minimum Gasteiger partial charge on any atom is -0.330 e. The first-order chi connectivity index (χ1) is 8.63. The lowest BCUT2D eigenvalue weighted by atomic mass is 10.1. The number of nitrogens with two attached hydrogens (primary N) is 1. The fraction of sp³-hybridized carbons (Fsp3) is 1.00. The summed E-state index contributed by atoms with van der Waals surface area (Å²) in [4.78, 5) is 2.47. The predicted octanol–water partition coefficient (Wildman–Crippen LogP) is 0.225. The first-order valence-corrected chi connectivity index (χ1v) is 8.66. The Bertz CT molecular complexity index is 352. The van der Waals surface area contributed by atoms with Crippen LogP contribution in [0.1, 0.15) is 32.1 Å². The lowest BCUT2D eigenvalue weighted by Crippen LogP contribution is -2.42. The summed E-state index contributed by atoms with van der Waals surface area (Å²) in [6.07, 6.45) is 5.39. The maximum atomic E-state index is 12.1. The summed E-state index contributed by atoms with van der Waals surface area (Å²) in [5.74, 6) is 0.205. The van der Waals surface area contributed by atoms with E-state index in [1.807, 2.05) is 0 Å². The molecule has 2 aliphatic heterocycles. The van der Waals surface area contributed by atoms with Crippen LogP contribution in [0.2, 0.25) is 0 Å². The molecule has 0 radical (unpaired) electrons. The maximum Gasteiger partial charge on any atom is 0.214 e. The van der Waals surface area contributed by atoms with E-state index in [0.717, 1.165) is 19.5 Å². The Kier molecular flexibility index (Phi) is 5.00. The Morgan fingerprint density at radius 2 is 1.83 bits per heavy atom. The molecule has 1 atom stereocenters. The Hall–Kier alpha value is -0.170. The summed E-state index contributed by atoms with van der Waals surface area (Å²) >= 11 is 0. The van der Waals surface area contributed by atoms with E-state index in [9.17, 15) is 8.42 Å².